The Hall–Kier alpha value is -2.73. The van der Waals surface area contributed by atoms with Crippen molar-refractivity contribution in [1.82, 2.24) is 25.5 Å². The summed E-state index contributed by atoms with van der Waals surface area (Å²) >= 11 is 6.16. The topological polar surface area (TPSA) is 72.7 Å². The average Bonchev–Trinajstić information content (AvgIpc) is 3.10. The summed E-state index contributed by atoms with van der Waals surface area (Å²) in [6.07, 6.45) is 0.976. The second kappa shape index (κ2) is 8.10. The van der Waals surface area contributed by atoms with E-state index in [1.54, 1.807) is 6.07 Å². The highest BCUT2D eigenvalue weighted by Gasteiger charge is 2.14. The summed E-state index contributed by atoms with van der Waals surface area (Å²) in [7, 11) is 0. The fourth-order valence-electron chi connectivity index (χ4n) is 2.63. The van der Waals surface area contributed by atoms with E-state index in [-0.39, 0.29) is 18.5 Å². The summed E-state index contributed by atoms with van der Waals surface area (Å²) < 4.78 is 0. The van der Waals surface area contributed by atoms with Crippen LogP contribution in [-0.4, -0.2) is 26.1 Å². The number of rotatable bonds is 6. The van der Waals surface area contributed by atoms with Crippen LogP contribution >= 0.6 is 11.6 Å². The Kier molecular flexibility index (Phi) is 5.63. The van der Waals surface area contributed by atoms with Crippen LogP contribution in [0, 0.1) is 0 Å². The number of aromatic nitrogens is 4. The third-order valence-electron chi connectivity index (χ3n) is 4.11. The van der Waals surface area contributed by atoms with Gasteiger partial charge >= 0.3 is 0 Å². The summed E-state index contributed by atoms with van der Waals surface area (Å²) in [4.78, 5) is 13.5. The van der Waals surface area contributed by atoms with E-state index in [0.717, 1.165) is 17.5 Å². The fraction of sp³-hybridized carbons (Fsp3) is 0.263. The first kappa shape index (κ1) is 18.1. The van der Waals surface area contributed by atoms with Gasteiger partial charge in [-0.15, -0.1) is 10.2 Å². The molecule has 1 amide bonds. The van der Waals surface area contributed by atoms with Gasteiger partial charge in [0.05, 0.1) is 6.04 Å². The number of nitrogens with zero attached hydrogens (tertiary/aromatic N) is 4. The Morgan fingerprint density at radius 3 is 2.62 bits per heavy atom. The SMILES string of the molecule is CCc1ccc(-c2nnn(CC(=O)N[C@@H](C)c3ccccc3Cl)n2)cc1. The van der Waals surface area contributed by atoms with Crippen molar-refractivity contribution in [3.63, 3.8) is 0 Å². The smallest absolute Gasteiger partial charge is 0.244 e. The van der Waals surface area contributed by atoms with Gasteiger partial charge in [-0.1, -0.05) is 61.0 Å². The van der Waals surface area contributed by atoms with Crippen LogP contribution in [0.15, 0.2) is 48.5 Å². The molecule has 3 rings (SSSR count). The van der Waals surface area contributed by atoms with E-state index >= 15 is 0 Å². The summed E-state index contributed by atoms with van der Waals surface area (Å²) in [6.45, 7) is 3.98. The van der Waals surface area contributed by atoms with Gasteiger partial charge in [-0.2, -0.15) is 4.80 Å². The van der Waals surface area contributed by atoms with E-state index in [0.29, 0.717) is 10.8 Å². The third kappa shape index (κ3) is 4.26. The number of tetrazole rings is 1. The quantitative estimate of drug-likeness (QED) is 0.722. The number of carbonyl (C=O) groups excluding carboxylic acids is 1. The Labute approximate surface area is 157 Å². The number of benzene rings is 2. The van der Waals surface area contributed by atoms with Crippen molar-refractivity contribution >= 4 is 17.5 Å². The molecule has 26 heavy (non-hydrogen) atoms. The zero-order chi connectivity index (χ0) is 18.5. The van der Waals surface area contributed by atoms with Gasteiger partial charge in [0.1, 0.15) is 6.54 Å². The molecule has 6 nitrogen and oxygen atoms in total. The van der Waals surface area contributed by atoms with Crippen LogP contribution in [0.5, 0.6) is 0 Å². The van der Waals surface area contributed by atoms with Crippen LogP contribution in [-0.2, 0) is 17.8 Å². The van der Waals surface area contributed by atoms with Crippen LogP contribution in [0.1, 0.15) is 31.0 Å². The zero-order valence-electron chi connectivity index (χ0n) is 14.7. The standard InChI is InChI=1S/C19H20ClN5O/c1-3-14-8-10-15(11-9-14)19-22-24-25(23-19)12-18(26)21-13(2)16-6-4-5-7-17(16)20/h4-11,13H,3,12H2,1-2H3,(H,21,26)/t13-/m0/s1. The molecular formula is C19H20ClN5O. The lowest BCUT2D eigenvalue weighted by atomic mass is 10.1. The second-order valence-electron chi connectivity index (χ2n) is 6.00. The number of halogens is 1. The van der Waals surface area contributed by atoms with E-state index in [9.17, 15) is 4.79 Å². The minimum atomic E-state index is -0.208. The molecule has 0 saturated heterocycles. The number of carbonyl (C=O) groups is 1. The molecule has 1 atom stereocenters. The van der Waals surface area contributed by atoms with Gasteiger partial charge in [-0.05, 0) is 35.8 Å². The van der Waals surface area contributed by atoms with Crippen LogP contribution in [0.25, 0.3) is 11.4 Å². The monoisotopic (exact) mass is 369 g/mol. The molecule has 0 aliphatic rings. The summed E-state index contributed by atoms with van der Waals surface area (Å²) in [5.74, 6) is 0.294. The van der Waals surface area contributed by atoms with Gasteiger partial charge in [-0.3, -0.25) is 4.79 Å². The minimum absolute atomic E-state index is 0.00512. The van der Waals surface area contributed by atoms with Gasteiger partial charge < -0.3 is 5.32 Å². The van der Waals surface area contributed by atoms with Gasteiger partial charge in [0, 0.05) is 10.6 Å². The molecule has 0 radical (unpaired) electrons. The summed E-state index contributed by atoms with van der Waals surface area (Å²) in [5, 5.41) is 15.8. The maximum Gasteiger partial charge on any atom is 0.244 e. The highest BCUT2D eigenvalue weighted by Crippen LogP contribution is 2.22. The van der Waals surface area contributed by atoms with Crippen molar-refractivity contribution in [3.8, 4) is 11.4 Å². The molecule has 0 saturated carbocycles. The van der Waals surface area contributed by atoms with E-state index in [4.69, 9.17) is 11.6 Å². The molecule has 2 aromatic carbocycles. The molecule has 0 unspecified atom stereocenters. The number of nitrogens with one attached hydrogen (secondary N) is 1. The first-order valence-corrected chi connectivity index (χ1v) is 8.85. The van der Waals surface area contributed by atoms with Gasteiger partial charge in [0.2, 0.25) is 11.7 Å². The summed E-state index contributed by atoms with van der Waals surface area (Å²) in [6, 6.07) is 15.2. The molecule has 0 bridgehead atoms. The largest absolute Gasteiger partial charge is 0.348 e. The molecule has 0 spiro atoms. The maximum atomic E-state index is 12.3. The third-order valence-corrected chi connectivity index (χ3v) is 4.45. The van der Waals surface area contributed by atoms with E-state index in [1.165, 1.54) is 10.4 Å². The van der Waals surface area contributed by atoms with Gasteiger partial charge in [0.25, 0.3) is 0 Å². The van der Waals surface area contributed by atoms with Crippen LogP contribution < -0.4 is 5.32 Å². The fourth-order valence-corrected chi connectivity index (χ4v) is 2.93. The van der Waals surface area contributed by atoms with Gasteiger partial charge in [0.15, 0.2) is 0 Å². The Bertz CT molecular complexity index is 891. The lowest BCUT2D eigenvalue weighted by molar-refractivity contribution is -0.122. The lowest BCUT2D eigenvalue weighted by Crippen LogP contribution is -2.31. The molecule has 0 aliphatic carbocycles. The van der Waals surface area contributed by atoms with Crippen molar-refractivity contribution in [2.75, 3.05) is 0 Å². The van der Waals surface area contributed by atoms with Crippen LogP contribution in [0.2, 0.25) is 5.02 Å². The Morgan fingerprint density at radius 2 is 1.92 bits per heavy atom. The normalized spacial score (nSPS) is 12.0. The Morgan fingerprint density at radius 1 is 1.19 bits per heavy atom. The molecule has 1 N–H and O–H groups in total. The highest BCUT2D eigenvalue weighted by atomic mass is 35.5. The van der Waals surface area contributed by atoms with Crippen molar-refractivity contribution in [2.24, 2.45) is 0 Å². The molecule has 3 aromatic rings. The van der Waals surface area contributed by atoms with Crippen molar-refractivity contribution in [1.29, 1.82) is 0 Å². The van der Waals surface area contributed by atoms with Crippen molar-refractivity contribution in [3.05, 3.63) is 64.7 Å². The predicted molar refractivity (Wildman–Crippen MR) is 101 cm³/mol. The molecule has 1 heterocycles. The van der Waals surface area contributed by atoms with Crippen molar-refractivity contribution < 1.29 is 4.79 Å². The predicted octanol–water partition coefficient (Wildman–Crippen LogP) is 3.43. The van der Waals surface area contributed by atoms with E-state index in [2.05, 4.69) is 27.7 Å². The first-order valence-electron chi connectivity index (χ1n) is 8.47. The minimum Gasteiger partial charge on any atom is -0.348 e. The van der Waals surface area contributed by atoms with E-state index < -0.39 is 0 Å². The highest BCUT2D eigenvalue weighted by molar-refractivity contribution is 6.31. The molecule has 7 heteroatoms. The lowest BCUT2D eigenvalue weighted by Gasteiger charge is -2.15. The maximum absolute atomic E-state index is 12.3. The van der Waals surface area contributed by atoms with Crippen molar-refractivity contribution in [2.45, 2.75) is 32.9 Å². The molecule has 0 fully saturated rings. The Balaban J connectivity index is 1.63. The average molecular weight is 370 g/mol. The van der Waals surface area contributed by atoms with Gasteiger partial charge in [-0.25, -0.2) is 0 Å². The number of hydrogen-bond donors (Lipinski definition) is 1. The van der Waals surface area contributed by atoms with Crippen LogP contribution in [0.3, 0.4) is 0 Å². The molecule has 134 valence electrons. The molecule has 1 aromatic heterocycles. The zero-order valence-corrected chi connectivity index (χ0v) is 15.4. The second-order valence-corrected chi connectivity index (χ2v) is 6.41. The van der Waals surface area contributed by atoms with E-state index in [1.807, 2.05) is 49.4 Å². The number of aryl methyl sites for hydroxylation is 1. The first-order chi connectivity index (χ1) is 12.6. The molecular weight excluding hydrogens is 350 g/mol. The van der Waals surface area contributed by atoms with Crippen LogP contribution in [0.4, 0.5) is 0 Å². The summed E-state index contributed by atoms with van der Waals surface area (Å²) in [5.41, 5.74) is 2.98. The number of hydrogen-bond acceptors (Lipinski definition) is 4. The molecule has 0 aliphatic heterocycles. The number of amides is 1.